The van der Waals surface area contributed by atoms with Crippen molar-refractivity contribution in [2.75, 3.05) is 13.1 Å². The lowest BCUT2D eigenvalue weighted by Gasteiger charge is -2.30. The van der Waals surface area contributed by atoms with Crippen LogP contribution in [0.5, 0.6) is 0 Å². The standard InChI is InChI=1S/C10H19N3/c1-9(2)5-10(3,4)7-13(8-11)12-6-9/h12H,5-7H2,1-4H3. The number of rotatable bonds is 0. The van der Waals surface area contributed by atoms with Gasteiger partial charge in [-0.05, 0) is 17.3 Å². The van der Waals surface area contributed by atoms with Crippen LogP contribution in [0.4, 0.5) is 0 Å². The summed E-state index contributed by atoms with van der Waals surface area (Å²) in [4.78, 5) is 0. The molecule has 3 nitrogen and oxygen atoms in total. The monoisotopic (exact) mass is 181 g/mol. The second-order valence-electron chi connectivity index (χ2n) is 5.53. The molecule has 0 aromatic carbocycles. The largest absolute Gasteiger partial charge is 0.244 e. The normalized spacial score (nSPS) is 26.2. The lowest BCUT2D eigenvalue weighted by molar-refractivity contribution is 0.200. The Bertz CT molecular complexity index is 225. The lowest BCUT2D eigenvalue weighted by atomic mass is 9.76. The van der Waals surface area contributed by atoms with Crippen molar-refractivity contribution in [1.29, 1.82) is 5.26 Å². The Morgan fingerprint density at radius 2 is 1.85 bits per heavy atom. The van der Waals surface area contributed by atoms with Crippen LogP contribution in [-0.2, 0) is 0 Å². The van der Waals surface area contributed by atoms with Crippen LogP contribution < -0.4 is 5.43 Å². The fourth-order valence-electron chi connectivity index (χ4n) is 2.28. The van der Waals surface area contributed by atoms with E-state index in [0.29, 0.717) is 0 Å². The van der Waals surface area contributed by atoms with Crippen molar-refractivity contribution >= 4 is 0 Å². The summed E-state index contributed by atoms with van der Waals surface area (Å²) in [6.45, 7) is 10.6. The Labute approximate surface area is 80.7 Å². The molecule has 1 aliphatic rings. The summed E-state index contributed by atoms with van der Waals surface area (Å²) in [7, 11) is 0. The summed E-state index contributed by atoms with van der Waals surface area (Å²) in [5, 5.41) is 10.5. The van der Waals surface area contributed by atoms with Gasteiger partial charge in [0.25, 0.3) is 0 Å². The highest BCUT2D eigenvalue weighted by Crippen LogP contribution is 2.35. The molecule has 0 bridgehead atoms. The van der Waals surface area contributed by atoms with Gasteiger partial charge in [0.15, 0.2) is 6.19 Å². The molecule has 0 aromatic rings. The number of nitrogens with zero attached hydrogens (tertiary/aromatic N) is 2. The van der Waals surface area contributed by atoms with E-state index in [0.717, 1.165) is 19.5 Å². The van der Waals surface area contributed by atoms with E-state index < -0.39 is 0 Å². The molecule has 0 unspecified atom stereocenters. The highest BCUT2D eigenvalue weighted by Gasteiger charge is 2.33. The molecule has 1 N–H and O–H groups in total. The van der Waals surface area contributed by atoms with Gasteiger partial charge in [-0.25, -0.2) is 10.4 Å². The van der Waals surface area contributed by atoms with Crippen LogP contribution in [0.1, 0.15) is 34.1 Å². The van der Waals surface area contributed by atoms with Gasteiger partial charge in [0.05, 0.1) is 6.54 Å². The van der Waals surface area contributed by atoms with Gasteiger partial charge < -0.3 is 0 Å². The highest BCUT2D eigenvalue weighted by atomic mass is 15.5. The van der Waals surface area contributed by atoms with Gasteiger partial charge in [-0.15, -0.1) is 0 Å². The summed E-state index contributed by atoms with van der Waals surface area (Å²) in [6.07, 6.45) is 3.30. The van der Waals surface area contributed by atoms with Gasteiger partial charge in [0, 0.05) is 6.54 Å². The molecule has 3 heteroatoms. The Kier molecular flexibility index (Phi) is 2.53. The van der Waals surface area contributed by atoms with Crippen LogP contribution in [0.3, 0.4) is 0 Å². The third-order valence-corrected chi connectivity index (χ3v) is 2.41. The molecule has 1 rings (SSSR count). The van der Waals surface area contributed by atoms with Gasteiger partial charge in [-0.1, -0.05) is 27.7 Å². The number of hydrogen-bond acceptors (Lipinski definition) is 3. The molecule has 1 heterocycles. The summed E-state index contributed by atoms with van der Waals surface area (Å²) in [6, 6.07) is 0. The topological polar surface area (TPSA) is 39.1 Å². The maximum absolute atomic E-state index is 8.83. The molecular weight excluding hydrogens is 162 g/mol. The summed E-state index contributed by atoms with van der Waals surface area (Å²) < 4.78 is 0. The number of hydrazine groups is 1. The maximum Gasteiger partial charge on any atom is 0.195 e. The van der Waals surface area contributed by atoms with Crippen LogP contribution in [0, 0.1) is 22.3 Å². The zero-order valence-corrected chi connectivity index (χ0v) is 9.02. The fraction of sp³-hybridized carbons (Fsp3) is 0.900. The first-order valence-electron chi connectivity index (χ1n) is 4.75. The van der Waals surface area contributed by atoms with Crippen LogP contribution in [-0.4, -0.2) is 18.1 Å². The number of nitrogens with one attached hydrogen (secondary N) is 1. The van der Waals surface area contributed by atoms with Gasteiger partial charge in [-0.2, -0.15) is 5.26 Å². The Morgan fingerprint density at radius 1 is 1.23 bits per heavy atom. The first-order chi connectivity index (χ1) is 5.85. The molecule has 1 aliphatic heterocycles. The molecule has 0 spiro atoms. The van der Waals surface area contributed by atoms with Crippen molar-refractivity contribution in [3.05, 3.63) is 0 Å². The molecule has 0 radical (unpaired) electrons. The minimum absolute atomic E-state index is 0.211. The molecule has 1 saturated heterocycles. The van der Waals surface area contributed by atoms with Crippen molar-refractivity contribution in [1.82, 2.24) is 10.4 Å². The van der Waals surface area contributed by atoms with E-state index in [4.69, 9.17) is 5.26 Å². The van der Waals surface area contributed by atoms with Gasteiger partial charge in [-0.3, -0.25) is 0 Å². The predicted octanol–water partition coefficient (Wildman–Crippen LogP) is 1.73. The summed E-state index contributed by atoms with van der Waals surface area (Å²) >= 11 is 0. The first-order valence-corrected chi connectivity index (χ1v) is 4.75. The number of hydrogen-bond donors (Lipinski definition) is 1. The Hall–Kier alpha value is -0.750. The Balaban J connectivity index is 2.76. The quantitative estimate of drug-likeness (QED) is 0.578. The summed E-state index contributed by atoms with van der Waals surface area (Å²) in [5.74, 6) is 0. The van der Waals surface area contributed by atoms with E-state index in [1.807, 2.05) is 0 Å². The molecular formula is C10H19N3. The van der Waals surface area contributed by atoms with E-state index in [-0.39, 0.29) is 10.8 Å². The van der Waals surface area contributed by atoms with Crippen LogP contribution in [0.25, 0.3) is 0 Å². The van der Waals surface area contributed by atoms with Crippen molar-refractivity contribution < 1.29 is 0 Å². The van der Waals surface area contributed by atoms with E-state index in [9.17, 15) is 0 Å². The Morgan fingerprint density at radius 3 is 2.38 bits per heavy atom. The fourth-order valence-corrected chi connectivity index (χ4v) is 2.28. The van der Waals surface area contributed by atoms with E-state index in [2.05, 4.69) is 39.3 Å². The van der Waals surface area contributed by atoms with Gasteiger partial charge in [0.2, 0.25) is 0 Å². The zero-order chi connectivity index (χ0) is 10.1. The van der Waals surface area contributed by atoms with Crippen molar-refractivity contribution in [3.8, 4) is 6.19 Å². The highest BCUT2D eigenvalue weighted by molar-refractivity contribution is 4.88. The van der Waals surface area contributed by atoms with Crippen LogP contribution in [0.2, 0.25) is 0 Å². The smallest absolute Gasteiger partial charge is 0.195 e. The van der Waals surface area contributed by atoms with Crippen LogP contribution >= 0.6 is 0 Å². The van der Waals surface area contributed by atoms with E-state index in [1.165, 1.54) is 0 Å². The predicted molar refractivity (Wildman–Crippen MR) is 52.5 cm³/mol. The van der Waals surface area contributed by atoms with E-state index >= 15 is 0 Å². The second kappa shape index (κ2) is 3.19. The molecule has 0 aromatic heterocycles. The van der Waals surface area contributed by atoms with E-state index in [1.54, 1.807) is 5.01 Å². The second-order valence-corrected chi connectivity index (χ2v) is 5.53. The van der Waals surface area contributed by atoms with Crippen LogP contribution in [0.15, 0.2) is 0 Å². The summed E-state index contributed by atoms with van der Waals surface area (Å²) in [5.41, 5.74) is 3.63. The van der Waals surface area contributed by atoms with Gasteiger partial charge in [0.1, 0.15) is 0 Å². The SMILES string of the molecule is CC1(C)CNN(C#N)CC(C)(C)C1. The molecule has 1 fully saturated rings. The molecule has 0 aliphatic carbocycles. The molecule has 0 atom stereocenters. The molecule has 74 valence electrons. The molecule has 13 heavy (non-hydrogen) atoms. The third kappa shape index (κ3) is 2.89. The number of nitriles is 1. The average molecular weight is 181 g/mol. The minimum Gasteiger partial charge on any atom is -0.244 e. The lowest BCUT2D eigenvalue weighted by Crippen LogP contribution is -2.38. The molecule has 0 amide bonds. The zero-order valence-electron chi connectivity index (χ0n) is 9.02. The maximum atomic E-state index is 8.83. The van der Waals surface area contributed by atoms with Crippen molar-refractivity contribution in [3.63, 3.8) is 0 Å². The van der Waals surface area contributed by atoms with Crippen molar-refractivity contribution in [2.45, 2.75) is 34.1 Å². The minimum atomic E-state index is 0.211. The molecule has 0 saturated carbocycles. The third-order valence-electron chi connectivity index (χ3n) is 2.41. The average Bonchev–Trinajstić information content (AvgIpc) is 2.04. The van der Waals surface area contributed by atoms with Crippen molar-refractivity contribution in [2.24, 2.45) is 10.8 Å². The van der Waals surface area contributed by atoms with Gasteiger partial charge >= 0.3 is 0 Å². The first kappa shape index (κ1) is 10.3.